The summed E-state index contributed by atoms with van der Waals surface area (Å²) in [5.41, 5.74) is 2.74. The van der Waals surface area contributed by atoms with Gasteiger partial charge in [0.1, 0.15) is 11.1 Å². The second-order valence-corrected chi connectivity index (χ2v) is 6.02. The third-order valence-electron chi connectivity index (χ3n) is 4.07. The summed E-state index contributed by atoms with van der Waals surface area (Å²) in [6, 6.07) is 11.2. The maximum absolute atomic E-state index is 12.7. The average Bonchev–Trinajstić information content (AvgIpc) is 3.10. The number of nitrogens with one attached hydrogen (secondary N) is 2. The van der Waals surface area contributed by atoms with E-state index in [1.807, 2.05) is 30.3 Å². The molecule has 2 aromatic carbocycles. The summed E-state index contributed by atoms with van der Waals surface area (Å²) in [6.07, 6.45) is 1.15. The van der Waals surface area contributed by atoms with Gasteiger partial charge in [-0.2, -0.15) is 0 Å². The van der Waals surface area contributed by atoms with Crippen molar-refractivity contribution < 1.29 is 18.8 Å². The quantitative estimate of drug-likeness (QED) is 0.627. The molecular weight excluding hydrogens is 346 g/mol. The lowest BCUT2D eigenvalue weighted by Gasteiger charge is -2.12. The molecule has 142 valence electrons. The number of nitrogens with zero attached hydrogens (tertiary/aromatic N) is 1. The number of methoxy groups -OCH3 is 1. The van der Waals surface area contributed by atoms with Crippen LogP contribution in [0.4, 0.5) is 11.4 Å². The first-order chi connectivity index (χ1) is 13.2. The minimum Gasteiger partial charge on any atom is -0.494 e. The summed E-state index contributed by atoms with van der Waals surface area (Å²) in [6.45, 7) is 2.70. The maximum atomic E-state index is 12.7. The first-order valence-corrected chi connectivity index (χ1v) is 8.82. The lowest BCUT2D eigenvalue weighted by atomic mass is 10.1. The predicted molar refractivity (Wildman–Crippen MR) is 105 cm³/mol. The van der Waals surface area contributed by atoms with Crippen LogP contribution in [0.1, 0.15) is 18.9 Å². The summed E-state index contributed by atoms with van der Waals surface area (Å²) >= 11 is 0. The van der Waals surface area contributed by atoms with Crippen molar-refractivity contribution in [2.75, 3.05) is 31.4 Å². The fourth-order valence-electron chi connectivity index (χ4n) is 2.82. The molecule has 7 nitrogen and oxygen atoms in total. The van der Waals surface area contributed by atoms with Crippen LogP contribution >= 0.6 is 0 Å². The van der Waals surface area contributed by atoms with Crippen molar-refractivity contribution in [3.05, 3.63) is 42.0 Å². The molecule has 0 aliphatic rings. The summed E-state index contributed by atoms with van der Waals surface area (Å²) in [4.78, 5) is 12.7. The van der Waals surface area contributed by atoms with Crippen molar-refractivity contribution in [3.8, 4) is 11.6 Å². The number of benzene rings is 2. The summed E-state index contributed by atoms with van der Waals surface area (Å²) in [5, 5.41) is 10.5. The van der Waals surface area contributed by atoms with E-state index in [0.717, 1.165) is 23.4 Å². The zero-order valence-electron chi connectivity index (χ0n) is 15.7. The Bertz CT molecular complexity index is 936. The number of amides is 1. The lowest BCUT2D eigenvalue weighted by Crippen LogP contribution is -2.16. The molecule has 0 saturated carbocycles. The van der Waals surface area contributed by atoms with E-state index < -0.39 is 0 Å². The van der Waals surface area contributed by atoms with Crippen LogP contribution in [0.25, 0.3) is 11.0 Å². The minimum absolute atomic E-state index is 0.158. The Morgan fingerprint density at radius 1 is 1.26 bits per heavy atom. The Hall–Kier alpha value is -3.22. The number of rotatable bonds is 8. The standard InChI is InChI=1S/C20H23N3O4/c1-4-10-26-14-7-5-6-13(11-14)12-17(24)22-19-15(21-2)8-9-16-18(19)20(25-3)23-27-16/h5-9,11,21H,4,10,12H2,1-3H3,(H,22,24). The third-order valence-corrected chi connectivity index (χ3v) is 4.07. The number of hydrogen-bond donors (Lipinski definition) is 2. The molecule has 0 fully saturated rings. The molecule has 1 aromatic heterocycles. The number of fused-ring (bicyclic) bond motifs is 1. The highest BCUT2D eigenvalue weighted by Crippen LogP contribution is 2.37. The Kier molecular flexibility index (Phi) is 5.80. The number of hydrogen-bond acceptors (Lipinski definition) is 6. The second-order valence-electron chi connectivity index (χ2n) is 6.02. The highest BCUT2D eigenvalue weighted by molar-refractivity contribution is 6.08. The van der Waals surface area contributed by atoms with E-state index in [4.69, 9.17) is 14.0 Å². The predicted octanol–water partition coefficient (Wildman–Crippen LogP) is 3.85. The van der Waals surface area contributed by atoms with Gasteiger partial charge in [-0.3, -0.25) is 4.79 Å². The third kappa shape index (κ3) is 4.13. The van der Waals surface area contributed by atoms with Gasteiger partial charge >= 0.3 is 0 Å². The molecule has 0 unspecified atom stereocenters. The summed E-state index contributed by atoms with van der Waals surface area (Å²) in [5.74, 6) is 0.933. The molecule has 0 aliphatic heterocycles. The van der Waals surface area contributed by atoms with Crippen LogP contribution in [-0.4, -0.2) is 31.8 Å². The Balaban J connectivity index is 1.83. The van der Waals surface area contributed by atoms with Crippen LogP contribution in [0.3, 0.4) is 0 Å². The van der Waals surface area contributed by atoms with Gasteiger partial charge in [-0.05, 0) is 41.4 Å². The highest BCUT2D eigenvalue weighted by atomic mass is 16.5. The zero-order valence-corrected chi connectivity index (χ0v) is 15.7. The first kappa shape index (κ1) is 18.6. The molecule has 3 rings (SSSR count). The van der Waals surface area contributed by atoms with Gasteiger partial charge in [0.2, 0.25) is 5.91 Å². The number of carbonyl (C=O) groups excluding carboxylic acids is 1. The van der Waals surface area contributed by atoms with Gasteiger partial charge in [0.15, 0.2) is 5.58 Å². The van der Waals surface area contributed by atoms with Gasteiger partial charge in [-0.25, -0.2) is 0 Å². The summed E-state index contributed by atoms with van der Waals surface area (Å²) < 4.78 is 16.2. The molecule has 0 spiro atoms. The van der Waals surface area contributed by atoms with E-state index in [0.29, 0.717) is 29.1 Å². The number of ether oxygens (including phenoxy) is 2. The molecule has 0 aliphatic carbocycles. The van der Waals surface area contributed by atoms with Crippen LogP contribution in [0.5, 0.6) is 11.6 Å². The van der Waals surface area contributed by atoms with E-state index in [1.54, 1.807) is 13.1 Å². The largest absolute Gasteiger partial charge is 0.494 e. The number of anilines is 2. The maximum Gasteiger partial charge on any atom is 0.264 e. The fraction of sp³-hybridized carbons (Fsp3) is 0.300. The Labute approximate surface area is 157 Å². The molecular formula is C20H23N3O4. The van der Waals surface area contributed by atoms with Gasteiger partial charge in [0.25, 0.3) is 5.88 Å². The van der Waals surface area contributed by atoms with Gasteiger partial charge in [-0.1, -0.05) is 19.1 Å². The molecule has 0 saturated heterocycles. The highest BCUT2D eigenvalue weighted by Gasteiger charge is 2.18. The first-order valence-electron chi connectivity index (χ1n) is 8.82. The van der Waals surface area contributed by atoms with Crippen molar-refractivity contribution in [1.29, 1.82) is 0 Å². The minimum atomic E-state index is -0.158. The molecule has 7 heteroatoms. The molecule has 1 amide bonds. The van der Waals surface area contributed by atoms with Crippen LogP contribution < -0.4 is 20.1 Å². The van der Waals surface area contributed by atoms with Gasteiger partial charge in [0, 0.05) is 7.05 Å². The average molecular weight is 369 g/mol. The Morgan fingerprint density at radius 3 is 2.85 bits per heavy atom. The van der Waals surface area contributed by atoms with Crippen molar-refractivity contribution in [2.45, 2.75) is 19.8 Å². The number of carbonyl (C=O) groups is 1. The van der Waals surface area contributed by atoms with Crippen molar-refractivity contribution in [3.63, 3.8) is 0 Å². The molecule has 1 heterocycles. The van der Waals surface area contributed by atoms with E-state index in [1.165, 1.54) is 7.11 Å². The topological polar surface area (TPSA) is 85.6 Å². The van der Waals surface area contributed by atoms with E-state index in [2.05, 4.69) is 22.7 Å². The van der Waals surface area contributed by atoms with Gasteiger partial charge in [0.05, 0.1) is 31.5 Å². The van der Waals surface area contributed by atoms with Gasteiger partial charge < -0.3 is 24.6 Å². The van der Waals surface area contributed by atoms with E-state index in [-0.39, 0.29) is 12.3 Å². The molecule has 3 aromatic rings. The van der Waals surface area contributed by atoms with Crippen molar-refractivity contribution in [1.82, 2.24) is 5.16 Å². The monoisotopic (exact) mass is 369 g/mol. The van der Waals surface area contributed by atoms with Crippen LogP contribution in [0.15, 0.2) is 40.9 Å². The number of aromatic nitrogens is 1. The molecule has 2 N–H and O–H groups in total. The van der Waals surface area contributed by atoms with Crippen LogP contribution in [0, 0.1) is 0 Å². The van der Waals surface area contributed by atoms with E-state index in [9.17, 15) is 4.79 Å². The molecule has 0 radical (unpaired) electrons. The molecule has 0 bridgehead atoms. The second kappa shape index (κ2) is 8.44. The van der Waals surface area contributed by atoms with E-state index >= 15 is 0 Å². The summed E-state index contributed by atoms with van der Waals surface area (Å²) in [7, 11) is 3.29. The fourth-order valence-corrected chi connectivity index (χ4v) is 2.82. The van der Waals surface area contributed by atoms with Crippen molar-refractivity contribution >= 4 is 28.3 Å². The SMILES string of the molecule is CCCOc1cccc(CC(=O)Nc2c(NC)ccc3onc(OC)c23)c1. The lowest BCUT2D eigenvalue weighted by molar-refractivity contribution is -0.115. The smallest absolute Gasteiger partial charge is 0.264 e. The molecule has 0 atom stereocenters. The van der Waals surface area contributed by atoms with Crippen molar-refractivity contribution in [2.24, 2.45) is 0 Å². The zero-order chi connectivity index (χ0) is 19.2. The van der Waals surface area contributed by atoms with Crippen LogP contribution in [0.2, 0.25) is 0 Å². The molecule has 27 heavy (non-hydrogen) atoms. The Morgan fingerprint density at radius 2 is 2.11 bits per heavy atom. The van der Waals surface area contributed by atoms with Gasteiger partial charge in [-0.15, -0.1) is 0 Å². The van der Waals surface area contributed by atoms with Crippen LogP contribution in [-0.2, 0) is 11.2 Å². The normalized spacial score (nSPS) is 10.6.